The first-order valence-corrected chi connectivity index (χ1v) is 9.92. The Labute approximate surface area is 180 Å². The summed E-state index contributed by atoms with van der Waals surface area (Å²) in [5, 5.41) is 0. The van der Waals surface area contributed by atoms with Crippen molar-refractivity contribution < 1.29 is 23.8 Å². The highest BCUT2D eigenvalue weighted by Gasteiger charge is 2.30. The quantitative estimate of drug-likeness (QED) is 0.331. The molecule has 1 aliphatic heterocycles. The normalized spacial score (nSPS) is 13.6. The molecule has 0 atom stereocenters. The molecule has 0 unspecified atom stereocenters. The van der Waals surface area contributed by atoms with Crippen LogP contribution in [0, 0.1) is 13.8 Å². The summed E-state index contributed by atoms with van der Waals surface area (Å²) in [6, 6.07) is 18.3. The molecule has 0 N–H and O–H groups in total. The van der Waals surface area contributed by atoms with E-state index in [-0.39, 0.29) is 18.0 Å². The van der Waals surface area contributed by atoms with E-state index >= 15 is 0 Å². The summed E-state index contributed by atoms with van der Waals surface area (Å²) in [4.78, 5) is 25.2. The van der Waals surface area contributed by atoms with Gasteiger partial charge in [0.1, 0.15) is 17.2 Å². The van der Waals surface area contributed by atoms with Crippen LogP contribution in [0.1, 0.15) is 32.6 Å². The Morgan fingerprint density at radius 3 is 2.48 bits per heavy atom. The fourth-order valence-electron chi connectivity index (χ4n) is 3.53. The van der Waals surface area contributed by atoms with Crippen molar-refractivity contribution in [3.8, 4) is 17.2 Å². The summed E-state index contributed by atoms with van der Waals surface area (Å²) in [5.74, 6) is 1.15. The second kappa shape index (κ2) is 8.48. The van der Waals surface area contributed by atoms with Gasteiger partial charge in [0.2, 0.25) is 5.78 Å². The molecule has 0 fully saturated rings. The molecule has 3 aromatic carbocycles. The van der Waals surface area contributed by atoms with Crippen LogP contribution in [0.3, 0.4) is 0 Å². The van der Waals surface area contributed by atoms with Crippen molar-refractivity contribution in [1.82, 2.24) is 0 Å². The van der Waals surface area contributed by atoms with Crippen LogP contribution in [0.25, 0.3) is 6.08 Å². The van der Waals surface area contributed by atoms with E-state index in [1.165, 1.54) is 0 Å². The minimum Gasteiger partial charge on any atom is -0.497 e. The third-order valence-corrected chi connectivity index (χ3v) is 5.02. The topological polar surface area (TPSA) is 61.8 Å². The Balaban J connectivity index is 1.51. The van der Waals surface area contributed by atoms with Gasteiger partial charge in [0.05, 0.1) is 19.1 Å². The van der Waals surface area contributed by atoms with Gasteiger partial charge in [0, 0.05) is 6.07 Å². The van der Waals surface area contributed by atoms with Crippen LogP contribution < -0.4 is 14.2 Å². The second-order valence-corrected chi connectivity index (χ2v) is 7.47. The van der Waals surface area contributed by atoms with Crippen molar-refractivity contribution >= 4 is 17.8 Å². The van der Waals surface area contributed by atoms with Crippen LogP contribution in [0.15, 0.2) is 66.4 Å². The van der Waals surface area contributed by atoms with Gasteiger partial charge in [-0.3, -0.25) is 9.59 Å². The zero-order chi connectivity index (χ0) is 22.0. The minimum absolute atomic E-state index is 0.123. The second-order valence-electron chi connectivity index (χ2n) is 7.47. The average molecular weight is 414 g/mol. The first kappa shape index (κ1) is 20.4. The van der Waals surface area contributed by atoms with Crippen LogP contribution in [0.5, 0.6) is 17.2 Å². The summed E-state index contributed by atoms with van der Waals surface area (Å²) < 4.78 is 16.4. The van der Waals surface area contributed by atoms with Gasteiger partial charge >= 0.3 is 5.97 Å². The smallest absolute Gasteiger partial charge is 0.315 e. The number of rotatable bonds is 5. The molecule has 31 heavy (non-hydrogen) atoms. The highest BCUT2D eigenvalue weighted by molar-refractivity contribution is 6.15. The molecule has 0 radical (unpaired) electrons. The number of methoxy groups -OCH3 is 1. The van der Waals surface area contributed by atoms with Crippen LogP contribution in [-0.2, 0) is 11.2 Å². The molecular formula is C26H22O5. The molecule has 156 valence electrons. The standard InChI is InChI=1S/C26H22O5/c1-16-5-4-6-19(11-16)13-23-26(28)25-17(2)12-21(15-22(25)31-23)30-24(27)14-18-7-9-20(29-3)10-8-18/h4-13,15H,14H2,1-3H3/b23-13-. The van der Waals surface area contributed by atoms with Crippen molar-refractivity contribution in [2.24, 2.45) is 0 Å². The third-order valence-electron chi connectivity index (χ3n) is 5.02. The molecule has 0 saturated carbocycles. The molecule has 4 rings (SSSR count). The highest BCUT2D eigenvalue weighted by atomic mass is 16.5. The SMILES string of the molecule is COc1ccc(CC(=O)Oc2cc(C)c3c(c2)O/C(=C\c2cccc(C)c2)C3=O)cc1. The van der Waals surface area contributed by atoms with E-state index in [1.54, 1.807) is 44.4 Å². The molecule has 5 nitrogen and oxygen atoms in total. The fraction of sp³-hybridized carbons (Fsp3) is 0.154. The number of fused-ring (bicyclic) bond motifs is 1. The summed E-state index contributed by atoms with van der Waals surface area (Å²) in [5.41, 5.74) is 3.99. The molecule has 5 heteroatoms. The van der Waals surface area contributed by atoms with Gasteiger partial charge in [-0.05, 0) is 54.8 Å². The maximum Gasteiger partial charge on any atom is 0.315 e. The van der Waals surface area contributed by atoms with Gasteiger partial charge in [0.15, 0.2) is 5.76 Å². The van der Waals surface area contributed by atoms with Crippen molar-refractivity contribution in [2.45, 2.75) is 20.3 Å². The van der Waals surface area contributed by atoms with Crippen LogP contribution in [0.2, 0.25) is 0 Å². The van der Waals surface area contributed by atoms with Crippen molar-refractivity contribution in [3.63, 3.8) is 0 Å². The van der Waals surface area contributed by atoms with Gasteiger partial charge in [-0.15, -0.1) is 0 Å². The molecule has 0 spiro atoms. The number of Topliss-reactive ketones (excluding diaryl/α,β-unsaturated/α-hetero) is 1. The van der Waals surface area contributed by atoms with Gasteiger partial charge in [0.25, 0.3) is 0 Å². The molecule has 1 aliphatic rings. The van der Waals surface area contributed by atoms with Crippen LogP contribution >= 0.6 is 0 Å². The first-order chi connectivity index (χ1) is 14.9. The van der Waals surface area contributed by atoms with Crippen LogP contribution in [0.4, 0.5) is 0 Å². The molecule has 0 aliphatic carbocycles. The van der Waals surface area contributed by atoms with Gasteiger partial charge in [-0.25, -0.2) is 0 Å². The number of ether oxygens (including phenoxy) is 3. The number of hydrogen-bond acceptors (Lipinski definition) is 5. The maximum absolute atomic E-state index is 12.8. The molecule has 0 bridgehead atoms. The maximum atomic E-state index is 12.8. The van der Waals surface area contributed by atoms with E-state index in [2.05, 4.69) is 0 Å². The van der Waals surface area contributed by atoms with Gasteiger partial charge < -0.3 is 14.2 Å². The summed E-state index contributed by atoms with van der Waals surface area (Å²) >= 11 is 0. The number of hydrogen-bond donors (Lipinski definition) is 0. The summed E-state index contributed by atoms with van der Waals surface area (Å²) in [6.45, 7) is 3.79. The van der Waals surface area contributed by atoms with E-state index in [1.807, 2.05) is 43.3 Å². The van der Waals surface area contributed by atoms with Crippen molar-refractivity contribution in [1.29, 1.82) is 0 Å². The summed E-state index contributed by atoms with van der Waals surface area (Å²) in [6.07, 6.45) is 1.85. The van der Waals surface area contributed by atoms with Crippen molar-refractivity contribution in [3.05, 3.63) is 94.2 Å². The Morgan fingerprint density at radius 2 is 1.77 bits per heavy atom. The molecule has 0 amide bonds. The number of carbonyl (C=O) groups excluding carboxylic acids is 2. The number of carbonyl (C=O) groups is 2. The predicted molar refractivity (Wildman–Crippen MR) is 118 cm³/mol. The number of esters is 1. The average Bonchev–Trinajstić information content (AvgIpc) is 3.04. The molecule has 0 saturated heterocycles. The lowest BCUT2D eigenvalue weighted by Gasteiger charge is -2.08. The lowest BCUT2D eigenvalue weighted by molar-refractivity contribution is -0.133. The lowest BCUT2D eigenvalue weighted by atomic mass is 10.0. The monoisotopic (exact) mass is 414 g/mol. The van der Waals surface area contributed by atoms with E-state index in [9.17, 15) is 9.59 Å². The predicted octanol–water partition coefficient (Wildman–Crippen LogP) is 5.08. The summed E-state index contributed by atoms with van der Waals surface area (Å²) in [7, 11) is 1.59. The Hall–Kier alpha value is -3.86. The van der Waals surface area contributed by atoms with E-state index in [0.29, 0.717) is 22.6 Å². The number of benzene rings is 3. The van der Waals surface area contributed by atoms with E-state index in [0.717, 1.165) is 22.4 Å². The molecule has 1 heterocycles. The number of allylic oxidation sites excluding steroid dienone is 1. The largest absolute Gasteiger partial charge is 0.497 e. The zero-order valence-corrected chi connectivity index (χ0v) is 17.6. The Bertz CT molecular complexity index is 1190. The molecule has 3 aromatic rings. The van der Waals surface area contributed by atoms with Crippen molar-refractivity contribution in [2.75, 3.05) is 7.11 Å². The Kier molecular flexibility index (Phi) is 5.58. The van der Waals surface area contributed by atoms with Crippen LogP contribution in [-0.4, -0.2) is 18.9 Å². The molecular weight excluding hydrogens is 392 g/mol. The van der Waals surface area contributed by atoms with Gasteiger partial charge in [-0.2, -0.15) is 0 Å². The third kappa shape index (κ3) is 4.51. The van der Waals surface area contributed by atoms with E-state index < -0.39 is 5.97 Å². The number of aryl methyl sites for hydroxylation is 2. The first-order valence-electron chi connectivity index (χ1n) is 9.92. The lowest BCUT2D eigenvalue weighted by Crippen LogP contribution is -2.11. The Morgan fingerprint density at radius 1 is 1.00 bits per heavy atom. The highest BCUT2D eigenvalue weighted by Crippen LogP contribution is 2.37. The minimum atomic E-state index is -0.399. The zero-order valence-electron chi connectivity index (χ0n) is 17.6. The number of ketones is 1. The van der Waals surface area contributed by atoms with E-state index in [4.69, 9.17) is 14.2 Å². The fourth-order valence-corrected chi connectivity index (χ4v) is 3.53. The molecule has 0 aromatic heterocycles. The van der Waals surface area contributed by atoms with Gasteiger partial charge in [-0.1, -0.05) is 42.0 Å².